The second-order valence-electron chi connectivity index (χ2n) is 6.06. The van der Waals surface area contributed by atoms with Crippen molar-refractivity contribution >= 4 is 34.8 Å². The molecular formula is C18H16N2O4S. The Kier molecular flexibility index (Phi) is 3.89. The molecule has 4 rings (SSSR count). The first-order valence-electron chi connectivity index (χ1n) is 7.93. The van der Waals surface area contributed by atoms with E-state index in [0.29, 0.717) is 5.69 Å². The number of rotatable bonds is 3. The third-order valence-electron chi connectivity index (χ3n) is 4.79. The molecule has 2 fully saturated rings. The van der Waals surface area contributed by atoms with E-state index in [4.69, 9.17) is 4.74 Å². The number of imide groups is 1. The lowest BCUT2D eigenvalue weighted by Crippen LogP contribution is -2.43. The summed E-state index contributed by atoms with van der Waals surface area (Å²) in [5, 5.41) is 5.06. The maximum Gasteiger partial charge on any atom is 0.323 e. The lowest BCUT2D eigenvalue weighted by atomic mass is 9.89. The van der Waals surface area contributed by atoms with E-state index in [9.17, 15) is 14.4 Å². The number of hydrogen-bond acceptors (Lipinski definition) is 6. The zero-order chi connectivity index (χ0) is 17.6. The molecule has 0 bridgehead atoms. The molecule has 6 nitrogen and oxygen atoms in total. The molecule has 2 aliphatic heterocycles. The van der Waals surface area contributed by atoms with Crippen molar-refractivity contribution in [3.8, 4) is 0 Å². The number of nitrogens with zero attached hydrogens (tertiary/aromatic N) is 1. The third-order valence-corrected chi connectivity index (χ3v) is 5.75. The number of carbonyl (C=O) groups is 3. The average molecular weight is 356 g/mol. The van der Waals surface area contributed by atoms with Gasteiger partial charge in [-0.05, 0) is 23.6 Å². The van der Waals surface area contributed by atoms with Crippen LogP contribution in [0.1, 0.15) is 10.9 Å². The van der Waals surface area contributed by atoms with Crippen molar-refractivity contribution in [2.24, 2.45) is 11.8 Å². The maximum absolute atomic E-state index is 13.1. The molecule has 25 heavy (non-hydrogen) atoms. The number of ether oxygens (including phenoxy) is 1. The predicted octanol–water partition coefficient (Wildman–Crippen LogP) is 1.74. The van der Waals surface area contributed by atoms with Crippen LogP contribution in [0, 0.1) is 11.8 Å². The van der Waals surface area contributed by atoms with Crippen molar-refractivity contribution in [1.82, 2.24) is 5.32 Å². The summed E-state index contributed by atoms with van der Waals surface area (Å²) in [5.74, 6) is -2.53. The van der Waals surface area contributed by atoms with Crippen LogP contribution in [0.25, 0.3) is 0 Å². The summed E-state index contributed by atoms with van der Waals surface area (Å²) >= 11 is 1.49. The number of benzene rings is 1. The van der Waals surface area contributed by atoms with Crippen LogP contribution >= 0.6 is 11.3 Å². The number of anilines is 1. The van der Waals surface area contributed by atoms with E-state index in [-0.39, 0.29) is 17.9 Å². The Labute approximate surface area is 148 Å². The molecule has 4 atom stereocenters. The number of amides is 2. The van der Waals surface area contributed by atoms with Crippen molar-refractivity contribution in [2.75, 3.05) is 12.0 Å². The van der Waals surface area contributed by atoms with Gasteiger partial charge in [-0.15, -0.1) is 11.3 Å². The van der Waals surface area contributed by atoms with Gasteiger partial charge in [-0.3, -0.25) is 19.7 Å². The summed E-state index contributed by atoms with van der Waals surface area (Å²) in [6.45, 7) is 0. The van der Waals surface area contributed by atoms with E-state index < -0.39 is 23.8 Å². The molecule has 0 spiro atoms. The largest absolute Gasteiger partial charge is 0.468 e. The first-order chi connectivity index (χ1) is 12.1. The van der Waals surface area contributed by atoms with Gasteiger partial charge >= 0.3 is 5.97 Å². The van der Waals surface area contributed by atoms with Crippen molar-refractivity contribution < 1.29 is 19.1 Å². The number of methoxy groups -OCH3 is 1. The van der Waals surface area contributed by atoms with Gasteiger partial charge in [-0.2, -0.15) is 0 Å². The van der Waals surface area contributed by atoms with Gasteiger partial charge in [0.2, 0.25) is 11.8 Å². The molecule has 3 heterocycles. The number of thiophene rings is 1. The molecular weight excluding hydrogens is 340 g/mol. The van der Waals surface area contributed by atoms with Crippen LogP contribution in [0.5, 0.6) is 0 Å². The monoisotopic (exact) mass is 356 g/mol. The summed E-state index contributed by atoms with van der Waals surface area (Å²) < 4.78 is 4.85. The van der Waals surface area contributed by atoms with Crippen molar-refractivity contribution in [2.45, 2.75) is 12.1 Å². The quantitative estimate of drug-likeness (QED) is 0.670. The lowest BCUT2D eigenvalue weighted by Gasteiger charge is -2.21. The highest BCUT2D eigenvalue weighted by atomic mass is 32.1. The molecule has 0 unspecified atom stereocenters. The van der Waals surface area contributed by atoms with E-state index in [1.54, 1.807) is 24.3 Å². The molecule has 0 radical (unpaired) electrons. The van der Waals surface area contributed by atoms with Gasteiger partial charge in [0.05, 0.1) is 30.7 Å². The summed E-state index contributed by atoms with van der Waals surface area (Å²) in [6.07, 6.45) is 0. The highest BCUT2D eigenvalue weighted by Gasteiger charge is 2.61. The SMILES string of the molecule is COC(=O)[C@H]1N[C@@H](c2cccs2)[C@H]2C(=O)N(c3ccccc3)C(=O)[C@H]21. The molecule has 0 saturated carbocycles. The van der Waals surface area contributed by atoms with E-state index in [0.717, 1.165) is 4.88 Å². The number of nitrogens with one attached hydrogen (secondary N) is 1. The van der Waals surface area contributed by atoms with E-state index in [1.165, 1.54) is 23.3 Å². The normalized spacial score (nSPS) is 28.3. The van der Waals surface area contributed by atoms with Crippen LogP contribution in [-0.4, -0.2) is 30.9 Å². The van der Waals surface area contributed by atoms with Crippen LogP contribution in [0.15, 0.2) is 47.8 Å². The van der Waals surface area contributed by atoms with Gasteiger partial charge < -0.3 is 4.74 Å². The number of para-hydroxylation sites is 1. The Bertz CT molecular complexity index is 821. The summed E-state index contributed by atoms with van der Waals surface area (Å²) in [7, 11) is 1.29. The Hall–Kier alpha value is -2.51. The molecule has 2 saturated heterocycles. The molecule has 2 aliphatic rings. The molecule has 2 amide bonds. The molecule has 7 heteroatoms. The van der Waals surface area contributed by atoms with Crippen molar-refractivity contribution in [3.05, 3.63) is 52.7 Å². The number of carbonyl (C=O) groups excluding carboxylic acids is 3. The number of esters is 1. The van der Waals surface area contributed by atoms with Gasteiger partial charge in [0.25, 0.3) is 0 Å². The van der Waals surface area contributed by atoms with Crippen LogP contribution < -0.4 is 10.2 Å². The molecule has 1 aromatic carbocycles. The average Bonchev–Trinajstić information content (AvgIpc) is 3.33. The van der Waals surface area contributed by atoms with Crippen LogP contribution in [-0.2, 0) is 19.1 Å². The first kappa shape index (κ1) is 16.0. The Morgan fingerprint density at radius 1 is 1.08 bits per heavy atom. The maximum atomic E-state index is 13.1. The second-order valence-corrected chi connectivity index (χ2v) is 7.04. The van der Waals surface area contributed by atoms with Crippen molar-refractivity contribution in [3.63, 3.8) is 0 Å². The molecule has 0 aliphatic carbocycles. The van der Waals surface area contributed by atoms with E-state index >= 15 is 0 Å². The van der Waals surface area contributed by atoms with E-state index in [2.05, 4.69) is 5.32 Å². The minimum atomic E-state index is -0.827. The molecule has 1 N–H and O–H groups in total. The topological polar surface area (TPSA) is 75.7 Å². The van der Waals surface area contributed by atoms with Gasteiger partial charge in [-0.1, -0.05) is 24.3 Å². The standard InChI is InChI=1S/C18H16N2O4S/c1-24-18(23)15-13-12(14(19-15)11-8-5-9-25-11)16(21)20(17(13)22)10-6-3-2-4-7-10/h2-9,12-15,19H,1H3/t12-,13+,14-,15-/m0/s1. The molecule has 1 aromatic heterocycles. The third kappa shape index (κ3) is 2.39. The number of fused-ring (bicyclic) bond motifs is 1. The van der Waals surface area contributed by atoms with Gasteiger partial charge in [-0.25, -0.2) is 4.90 Å². The van der Waals surface area contributed by atoms with Gasteiger partial charge in [0.1, 0.15) is 6.04 Å². The van der Waals surface area contributed by atoms with Crippen molar-refractivity contribution in [1.29, 1.82) is 0 Å². The Morgan fingerprint density at radius 2 is 1.80 bits per heavy atom. The van der Waals surface area contributed by atoms with E-state index in [1.807, 2.05) is 23.6 Å². The second kappa shape index (κ2) is 6.09. The summed E-state index contributed by atoms with van der Waals surface area (Å²) in [5.41, 5.74) is 0.528. The fourth-order valence-corrected chi connectivity index (χ4v) is 4.55. The zero-order valence-corrected chi connectivity index (χ0v) is 14.2. The lowest BCUT2D eigenvalue weighted by molar-refractivity contribution is -0.145. The first-order valence-corrected chi connectivity index (χ1v) is 8.81. The highest BCUT2D eigenvalue weighted by Crippen LogP contribution is 2.46. The Morgan fingerprint density at radius 3 is 2.44 bits per heavy atom. The molecule has 128 valence electrons. The predicted molar refractivity (Wildman–Crippen MR) is 91.9 cm³/mol. The fraction of sp³-hybridized carbons (Fsp3) is 0.278. The van der Waals surface area contributed by atoms with Crippen LogP contribution in [0.2, 0.25) is 0 Å². The highest BCUT2D eigenvalue weighted by molar-refractivity contribution is 7.10. The summed E-state index contributed by atoms with van der Waals surface area (Å²) in [4.78, 5) is 40.4. The minimum Gasteiger partial charge on any atom is -0.468 e. The zero-order valence-electron chi connectivity index (χ0n) is 13.4. The summed E-state index contributed by atoms with van der Waals surface area (Å²) in [6, 6.07) is 11.4. The minimum absolute atomic E-state index is 0.279. The smallest absolute Gasteiger partial charge is 0.323 e. The Balaban J connectivity index is 1.77. The molecule has 2 aromatic rings. The van der Waals surface area contributed by atoms with Gasteiger partial charge in [0, 0.05) is 4.88 Å². The number of hydrogen-bond donors (Lipinski definition) is 1. The van der Waals surface area contributed by atoms with Gasteiger partial charge in [0.15, 0.2) is 0 Å². The van der Waals surface area contributed by atoms with Crippen LogP contribution in [0.4, 0.5) is 5.69 Å². The van der Waals surface area contributed by atoms with Crippen LogP contribution in [0.3, 0.4) is 0 Å². The fourth-order valence-electron chi connectivity index (χ4n) is 3.72.